The van der Waals surface area contributed by atoms with Gasteiger partial charge in [-0.2, -0.15) is 0 Å². The van der Waals surface area contributed by atoms with E-state index in [0.29, 0.717) is 29.2 Å². The van der Waals surface area contributed by atoms with Gasteiger partial charge in [0.25, 0.3) is 0 Å². The molecule has 1 unspecified atom stereocenters. The SMILES string of the molecule is COc1cc2c(cc1OCC(O)CN1CCCCC1)[NH2+]NC=C2Oc1ccc2[nH]c(C)cc2c1F. The summed E-state index contributed by atoms with van der Waals surface area (Å²) in [5.41, 5.74) is 8.03. The van der Waals surface area contributed by atoms with Crippen LogP contribution in [-0.4, -0.2) is 54.4 Å². The standard InChI is InChI=1S/C26H31FN4O4/c1-16-10-19-20(29-16)6-7-22(26(19)27)35-25-13-28-30-21-12-24(23(33-2)11-18(21)25)34-15-17(32)14-31-8-4-3-5-9-31/h6-7,10-13,17,28-30,32H,3-5,8-9,14-15H2,1-2H3/p+1. The van der Waals surface area contributed by atoms with Crippen molar-refractivity contribution in [3.63, 3.8) is 0 Å². The van der Waals surface area contributed by atoms with Crippen LogP contribution in [0, 0.1) is 12.7 Å². The number of piperidine rings is 1. The maximum Gasteiger partial charge on any atom is 0.175 e. The van der Waals surface area contributed by atoms with Crippen LogP contribution < -0.4 is 25.1 Å². The Morgan fingerprint density at radius 1 is 1.11 bits per heavy atom. The van der Waals surface area contributed by atoms with Crippen LogP contribution in [0.3, 0.4) is 0 Å². The summed E-state index contributed by atoms with van der Waals surface area (Å²) in [7, 11) is 1.57. The Balaban J connectivity index is 1.32. The van der Waals surface area contributed by atoms with Crippen molar-refractivity contribution in [2.75, 3.05) is 33.4 Å². The molecule has 2 aliphatic heterocycles. The molecule has 1 aromatic heterocycles. The quantitative estimate of drug-likeness (QED) is 0.291. The highest BCUT2D eigenvalue weighted by molar-refractivity contribution is 5.83. The number of H-pyrrole nitrogens is 1. The lowest BCUT2D eigenvalue weighted by atomic mass is 10.1. The summed E-state index contributed by atoms with van der Waals surface area (Å²) in [5.74, 6) is 1.22. The van der Waals surface area contributed by atoms with E-state index in [1.54, 1.807) is 31.5 Å². The number of quaternary nitrogens is 1. The van der Waals surface area contributed by atoms with E-state index in [4.69, 9.17) is 14.2 Å². The van der Waals surface area contributed by atoms with Crippen molar-refractivity contribution in [3.8, 4) is 17.2 Å². The van der Waals surface area contributed by atoms with Crippen molar-refractivity contribution in [2.45, 2.75) is 32.3 Å². The van der Waals surface area contributed by atoms with E-state index in [2.05, 4.69) is 15.3 Å². The average Bonchev–Trinajstić information content (AvgIpc) is 3.26. The van der Waals surface area contributed by atoms with Gasteiger partial charge in [0.05, 0.1) is 18.9 Å². The predicted octanol–water partition coefficient (Wildman–Crippen LogP) is 2.94. The maximum absolute atomic E-state index is 15.1. The second-order valence-corrected chi connectivity index (χ2v) is 9.13. The fourth-order valence-electron chi connectivity index (χ4n) is 4.71. The number of aromatic nitrogens is 1. The molecule has 8 nitrogen and oxygen atoms in total. The number of methoxy groups -OCH3 is 1. The van der Waals surface area contributed by atoms with Crippen LogP contribution in [0.5, 0.6) is 17.2 Å². The third kappa shape index (κ3) is 5.07. The van der Waals surface area contributed by atoms with Gasteiger partial charge in [-0.25, -0.2) is 15.2 Å². The van der Waals surface area contributed by atoms with Crippen molar-refractivity contribution in [1.82, 2.24) is 15.3 Å². The summed E-state index contributed by atoms with van der Waals surface area (Å²) >= 11 is 0. The number of β-amino-alcohol motifs (C(OH)–C–C–N with tert-alkyl or cyclic N) is 1. The van der Waals surface area contributed by atoms with Gasteiger partial charge in [0.2, 0.25) is 0 Å². The number of hydrogen-bond donors (Lipinski definition) is 4. The molecule has 3 heterocycles. The molecule has 1 atom stereocenters. The van der Waals surface area contributed by atoms with Crippen molar-refractivity contribution < 1.29 is 29.1 Å². The molecule has 5 N–H and O–H groups in total. The van der Waals surface area contributed by atoms with Gasteiger partial charge < -0.3 is 29.2 Å². The number of halogens is 1. The normalized spacial score (nSPS) is 16.9. The van der Waals surface area contributed by atoms with Gasteiger partial charge in [0.1, 0.15) is 12.7 Å². The topological polar surface area (TPSA) is 95.6 Å². The number of fused-ring (bicyclic) bond motifs is 2. The molecular weight excluding hydrogens is 451 g/mol. The van der Waals surface area contributed by atoms with Crippen LogP contribution >= 0.6 is 0 Å². The molecule has 5 rings (SSSR count). The van der Waals surface area contributed by atoms with Gasteiger partial charge in [0, 0.05) is 35.3 Å². The third-order valence-corrected chi connectivity index (χ3v) is 6.46. The first kappa shape index (κ1) is 23.5. The van der Waals surface area contributed by atoms with Gasteiger partial charge >= 0.3 is 0 Å². The number of hydrogen-bond acceptors (Lipinski definition) is 6. The minimum Gasteiger partial charge on any atom is -0.493 e. The first-order chi connectivity index (χ1) is 17.0. The molecule has 9 heteroatoms. The number of likely N-dealkylation sites (tertiary alicyclic amines) is 1. The molecule has 35 heavy (non-hydrogen) atoms. The Hall–Kier alpha value is -3.27. The summed E-state index contributed by atoms with van der Waals surface area (Å²) in [6, 6.07) is 8.82. The summed E-state index contributed by atoms with van der Waals surface area (Å²) in [6.45, 7) is 4.69. The van der Waals surface area contributed by atoms with E-state index in [9.17, 15) is 5.11 Å². The number of aryl methyl sites for hydroxylation is 1. The highest BCUT2D eigenvalue weighted by Gasteiger charge is 2.24. The zero-order chi connectivity index (χ0) is 24.4. The molecule has 2 aromatic carbocycles. The van der Waals surface area contributed by atoms with E-state index < -0.39 is 11.9 Å². The van der Waals surface area contributed by atoms with Crippen molar-refractivity contribution in [2.24, 2.45) is 0 Å². The molecule has 0 radical (unpaired) electrons. The maximum atomic E-state index is 15.1. The van der Waals surface area contributed by atoms with E-state index in [1.165, 1.54) is 19.3 Å². The lowest BCUT2D eigenvalue weighted by Gasteiger charge is -2.28. The first-order valence-corrected chi connectivity index (χ1v) is 12.0. The highest BCUT2D eigenvalue weighted by Crippen LogP contribution is 2.37. The summed E-state index contributed by atoms with van der Waals surface area (Å²) < 4.78 is 32.6. The van der Waals surface area contributed by atoms with Gasteiger partial charge in [0.15, 0.2) is 34.5 Å². The van der Waals surface area contributed by atoms with E-state index in [1.807, 2.05) is 24.5 Å². The third-order valence-electron chi connectivity index (χ3n) is 6.46. The van der Waals surface area contributed by atoms with Crippen molar-refractivity contribution in [3.05, 3.63) is 53.6 Å². The smallest absolute Gasteiger partial charge is 0.175 e. The average molecular weight is 484 g/mol. The Morgan fingerprint density at radius 3 is 2.74 bits per heavy atom. The Labute approximate surface area is 203 Å². The zero-order valence-corrected chi connectivity index (χ0v) is 20.1. The fraction of sp³-hybridized carbons (Fsp3) is 0.385. The van der Waals surface area contributed by atoms with Crippen LogP contribution in [0.25, 0.3) is 16.7 Å². The molecular formula is C26H32FN4O4+. The number of ether oxygens (including phenoxy) is 3. The van der Waals surface area contributed by atoms with Gasteiger partial charge in [-0.15, -0.1) is 0 Å². The van der Waals surface area contributed by atoms with Crippen LogP contribution in [0.1, 0.15) is 30.5 Å². The minimum absolute atomic E-state index is 0.137. The predicted molar refractivity (Wildman–Crippen MR) is 131 cm³/mol. The highest BCUT2D eigenvalue weighted by atomic mass is 19.1. The van der Waals surface area contributed by atoms with Gasteiger partial charge in [-0.05, 0) is 51.1 Å². The molecule has 0 amide bonds. The van der Waals surface area contributed by atoms with Crippen molar-refractivity contribution in [1.29, 1.82) is 0 Å². The fourth-order valence-corrected chi connectivity index (χ4v) is 4.71. The number of nitrogens with one attached hydrogen (secondary N) is 2. The molecule has 186 valence electrons. The van der Waals surface area contributed by atoms with Crippen LogP contribution in [0.4, 0.5) is 10.1 Å². The minimum atomic E-state index is -0.593. The van der Waals surface area contributed by atoms with Crippen molar-refractivity contribution >= 4 is 22.3 Å². The second-order valence-electron chi connectivity index (χ2n) is 9.13. The number of aliphatic hydroxyl groups excluding tert-OH is 1. The van der Waals surface area contributed by atoms with Gasteiger partial charge in [-0.3, -0.25) is 0 Å². The number of rotatable bonds is 8. The van der Waals surface area contributed by atoms with E-state index in [0.717, 1.165) is 35.6 Å². The Morgan fingerprint density at radius 2 is 1.94 bits per heavy atom. The molecule has 2 aliphatic rings. The van der Waals surface area contributed by atoms with E-state index >= 15 is 4.39 Å². The number of aliphatic hydroxyl groups is 1. The van der Waals surface area contributed by atoms with E-state index in [-0.39, 0.29) is 12.4 Å². The zero-order valence-electron chi connectivity index (χ0n) is 20.1. The molecule has 0 aliphatic carbocycles. The lowest BCUT2D eigenvalue weighted by Crippen LogP contribution is -2.87. The molecule has 1 saturated heterocycles. The number of nitrogens with two attached hydrogens (primary N) is 1. The van der Waals surface area contributed by atoms with Crippen LogP contribution in [0.2, 0.25) is 0 Å². The number of nitrogens with zero attached hydrogens (tertiary/aromatic N) is 1. The van der Waals surface area contributed by atoms with Crippen LogP contribution in [-0.2, 0) is 0 Å². The second kappa shape index (κ2) is 10.2. The molecule has 3 aromatic rings. The largest absolute Gasteiger partial charge is 0.493 e. The molecule has 0 bridgehead atoms. The van der Waals surface area contributed by atoms with Gasteiger partial charge in [-0.1, -0.05) is 6.42 Å². The summed E-state index contributed by atoms with van der Waals surface area (Å²) in [6.07, 6.45) is 4.69. The molecule has 1 fully saturated rings. The summed E-state index contributed by atoms with van der Waals surface area (Å²) in [5, 5.41) is 11.0. The molecule has 0 spiro atoms. The number of aromatic amines is 1. The Kier molecular flexibility index (Phi) is 6.81. The lowest BCUT2D eigenvalue weighted by molar-refractivity contribution is -0.624. The molecule has 0 saturated carbocycles. The first-order valence-electron chi connectivity index (χ1n) is 12.0. The summed E-state index contributed by atoms with van der Waals surface area (Å²) in [4.78, 5) is 5.41. The van der Waals surface area contributed by atoms with Crippen LogP contribution in [0.15, 0.2) is 36.5 Å². The monoisotopic (exact) mass is 483 g/mol. The number of benzene rings is 2. The Bertz CT molecular complexity index is 1240.